The molecule has 1 aromatic carbocycles. The van der Waals surface area contributed by atoms with Crippen LogP contribution >= 0.6 is 11.3 Å². The molecule has 0 spiro atoms. The second kappa shape index (κ2) is 8.21. The van der Waals surface area contributed by atoms with Gasteiger partial charge in [0, 0.05) is 28.1 Å². The number of para-hydroxylation sites is 1. The fraction of sp³-hybridized carbons (Fsp3) is 0.280. The van der Waals surface area contributed by atoms with Gasteiger partial charge in [-0.25, -0.2) is 4.98 Å². The third-order valence-electron chi connectivity index (χ3n) is 6.15. The molecule has 32 heavy (non-hydrogen) atoms. The van der Waals surface area contributed by atoms with E-state index in [1.54, 1.807) is 17.5 Å². The summed E-state index contributed by atoms with van der Waals surface area (Å²) in [6.07, 6.45) is 5.92. The van der Waals surface area contributed by atoms with Crippen LogP contribution in [-0.4, -0.2) is 20.7 Å². The summed E-state index contributed by atoms with van der Waals surface area (Å²) in [5.41, 5.74) is 5.68. The maximum absolute atomic E-state index is 13.5. The minimum Gasteiger partial charge on any atom is -0.312 e. The summed E-state index contributed by atoms with van der Waals surface area (Å²) in [6, 6.07) is 11.8. The van der Waals surface area contributed by atoms with E-state index in [1.807, 2.05) is 48.9 Å². The van der Waals surface area contributed by atoms with Crippen molar-refractivity contribution in [3.05, 3.63) is 63.8 Å². The second-order valence-electron chi connectivity index (χ2n) is 8.01. The van der Waals surface area contributed by atoms with Crippen LogP contribution in [0.2, 0.25) is 0 Å². The fourth-order valence-electron chi connectivity index (χ4n) is 4.46. The lowest BCUT2D eigenvalue weighted by molar-refractivity contribution is 0.102. The third kappa shape index (κ3) is 3.37. The Morgan fingerprint density at radius 1 is 1.28 bits per heavy atom. The van der Waals surface area contributed by atoms with Crippen molar-refractivity contribution in [2.75, 3.05) is 5.32 Å². The predicted molar refractivity (Wildman–Crippen MR) is 127 cm³/mol. The number of nitrogens with zero attached hydrogens (tertiary/aromatic N) is 4. The first kappa shape index (κ1) is 20.4. The van der Waals surface area contributed by atoms with E-state index in [0.717, 1.165) is 65.6 Å². The Labute approximate surface area is 190 Å². The van der Waals surface area contributed by atoms with Gasteiger partial charge in [-0.2, -0.15) is 10.4 Å². The van der Waals surface area contributed by atoms with E-state index in [4.69, 9.17) is 4.98 Å². The standard InChI is InChI=1S/C25H23N5OS/c1-3-30-15(2)20(14-27-30)22-12-18(16-8-4-6-10-21(16)28-22)24(31)29-25-19(13-26)17-9-5-7-11-23(17)32-25/h4,6,8,10,12,14H,3,5,7,9,11H2,1-2H3,(H,29,31). The first-order valence-corrected chi connectivity index (χ1v) is 11.7. The van der Waals surface area contributed by atoms with Gasteiger partial charge in [0.15, 0.2) is 0 Å². The Hall–Kier alpha value is -3.50. The van der Waals surface area contributed by atoms with E-state index in [0.29, 0.717) is 16.1 Å². The Balaban J connectivity index is 1.59. The number of carbonyl (C=O) groups is 1. The van der Waals surface area contributed by atoms with Crippen LogP contribution in [0.15, 0.2) is 36.5 Å². The number of aromatic nitrogens is 3. The maximum atomic E-state index is 13.5. The van der Waals surface area contributed by atoms with E-state index in [2.05, 4.69) is 16.5 Å². The molecule has 1 aliphatic rings. The Morgan fingerprint density at radius 2 is 2.09 bits per heavy atom. The van der Waals surface area contributed by atoms with Crippen LogP contribution in [0.25, 0.3) is 22.2 Å². The van der Waals surface area contributed by atoms with Crippen molar-refractivity contribution in [3.63, 3.8) is 0 Å². The number of benzene rings is 1. The number of carbonyl (C=O) groups excluding carboxylic acids is 1. The molecule has 0 bridgehead atoms. The van der Waals surface area contributed by atoms with Gasteiger partial charge in [-0.05, 0) is 57.2 Å². The Kier molecular flexibility index (Phi) is 5.24. The minimum absolute atomic E-state index is 0.222. The molecular formula is C25H23N5OS. The molecule has 0 radical (unpaired) electrons. The van der Waals surface area contributed by atoms with Gasteiger partial charge in [0.2, 0.25) is 0 Å². The molecule has 0 saturated carbocycles. The van der Waals surface area contributed by atoms with Gasteiger partial charge in [-0.1, -0.05) is 18.2 Å². The molecule has 0 unspecified atom stereocenters. The number of pyridine rings is 1. The quantitative estimate of drug-likeness (QED) is 0.454. The lowest BCUT2D eigenvalue weighted by Crippen LogP contribution is -2.13. The minimum atomic E-state index is -0.222. The highest BCUT2D eigenvalue weighted by Gasteiger charge is 2.23. The molecular weight excluding hydrogens is 418 g/mol. The lowest BCUT2D eigenvalue weighted by Gasteiger charge is -2.10. The number of fused-ring (bicyclic) bond motifs is 2. The van der Waals surface area contributed by atoms with Crippen molar-refractivity contribution in [3.8, 4) is 17.3 Å². The molecule has 0 atom stereocenters. The van der Waals surface area contributed by atoms with Crippen molar-refractivity contribution in [1.82, 2.24) is 14.8 Å². The number of nitrogens with one attached hydrogen (secondary N) is 1. The molecule has 5 rings (SSSR count). The zero-order chi connectivity index (χ0) is 22.2. The SMILES string of the molecule is CCn1ncc(-c2cc(C(=O)Nc3sc4c(c3C#N)CCCC4)c3ccccc3n2)c1C. The number of nitriles is 1. The normalized spacial score (nSPS) is 13.0. The first-order chi connectivity index (χ1) is 15.6. The fourth-order valence-corrected chi connectivity index (χ4v) is 5.70. The molecule has 3 aromatic heterocycles. The van der Waals surface area contributed by atoms with Crippen molar-refractivity contribution < 1.29 is 4.79 Å². The van der Waals surface area contributed by atoms with Crippen LogP contribution in [-0.2, 0) is 19.4 Å². The highest BCUT2D eigenvalue weighted by Crippen LogP contribution is 2.38. The van der Waals surface area contributed by atoms with Gasteiger partial charge in [-0.3, -0.25) is 9.48 Å². The maximum Gasteiger partial charge on any atom is 0.257 e. The van der Waals surface area contributed by atoms with Gasteiger partial charge >= 0.3 is 0 Å². The summed E-state index contributed by atoms with van der Waals surface area (Å²) < 4.78 is 1.92. The molecule has 160 valence electrons. The van der Waals surface area contributed by atoms with Gasteiger partial charge in [-0.15, -0.1) is 11.3 Å². The van der Waals surface area contributed by atoms with E-state index in [1.165, 1.54) is 4.88 Å². The lowest BCUT2D eigenvalue weighted by atomic mass is 9.96. The average Bonchev–Trinajstić information content (AvgIpc) is 3.37. The number of amides is 1. The molecule has 1 aliphatic carbocycles. The Morgan fingerprint density at radius 3 is 2.88 bits per heavy atom. The number of aryl methyl sites for hydroxylation is 2. The van der Waals surface area contributed by atoms with Crippen molar-refractivity contribution in [2.45, 2.75) is 46.1 Å². The molecule has 3 heterocycles. The monoisotopic (exact) mass is 441 g/mol. The van der Waals surface area contributed by atoms with Crippen LogP contribution in [0.5, 0.6) is 0 Å². The van der Waals surface area contributed by atoms with Crippen LogP contribution in [0.1, 0.15) is 51.8 Å². The highest BCUT2D eigenvalue weighted by atomic mass is 32.1. The molecule has 1 N–H and O–H groups in total. The van der Waals surface area contributed by atoms with E-state index in [-0.39, 0.29) is 5.91 Å². The molecule has 6 nitrogen and oxygen atoms in total. The zero-order valence-electron chi connectivity index (χ0n) is 18.1. The van der Waals surface area contributed by atoms with Crippen molar-refractivity contribution in [2.24, 2.45) is 0 Å². The van der Waals surface area contributed by atoms with Gasteiger partial charge in [0.25, 0.3) is 5.91 Å². The zero-order valence-corrected chi connectivity index (χ0v) is 18.9. The molecule has 0 saturated heterocycles. The van der Waals surface area contributed by atoms with E-state index in [9.17, 15) is 10.1 Å². The van der Waals surface area contributed by atoms with Gasteiger partial charge in [0.1, 0.15) is 11.1 Å². The second-order valence-corrected chi connectivity index (χ2v) is 9.12. The summed E-state index contributed by atoms with van der Waals surface area (Å²) >= 11 is 1.54. The number of anilines is 1. The largest absolute Gasteiger partial charge is 0.312 e. The van der Waals surface area contributed by atoms with Crippen molar-refractivity contribution in [1.29, 1.82) is 5.26 Å². The highest BCUT2D eigenvalue weighted by molar-refractivity contribution is 7.16. The molecule has 7 heteroatoms. The number of thiophene rings is 1. The van der Waals surface area contributed by atoms with Crippen molar-refractivity contribution >= 4 is 33.1 Å². The third-order valence-corrected chi connectivity index (χ3v) is 7.36. The predicted octanol–water partition coefficient (Wildman–Crippen LogP) is 5.49. The number of hydrogen-bond acceptors (Lipinski definition) is 5. The number of hydrogen-bond donors (Lipinski definition) is 1. The Bertz CT molecular complexity index is 1390. The molecule has 0 aliphatic heterocycles. The molecule has 1 amide bonds. The van der Waals surface area contributed by atoms with Crippen LogP contribution in [0.3, 0.4) is 0 Å². The first-order valence-electron chi connectivity index (χ1n) is 10.9. The summed E-state index contributed by atoms with van der Waals surface area (Å²) in [7, 11) is 0. The molecule has 4 aromatic rings. The molecule has 0 fully saturated rings. The smallest absolute Gasteiger partial charge is 0.257 e. The van der Waals surface area contributed by atoms with Gasteiger partial charge < -0.3 is 5.32 Å². The van der Waals surface area contributed by atoms with Crippen LogP contribution < -0.4 is 5.32 Å². The summed E-state index contributed by atoms with van der Waals surface area (Å²) in [5.74, 6) is -0.222. The van der Waals surface area contributed by atoms with E-state index < -0.39 is 0 Å². The van der Waals surface area contributed by atoms with Gasteiger partial charge in [0.05, 0.1) is 28.5 Å². The average molecular weight is 442 g/mol. The van der Waals surface area contributed by atoms with Crippen LogP contribution in [0.4, 0.5) is 5.00 Å². The summed E-state index contributed by atoms with van der Waals surface area (Å²) in [5, 5.41) is 18.7. The van der Waals surface area contributed by atoms with E-state index >= 15 is 0 Å². The van der Waals surface area contributed by atoms with Crippen LogP contribution in [0, 0.1) is 18.3 Å². The topological polar surface area (TPSA) is 83.6 Å². The summed E-state index contributed by atoms with van der Waals surface area (Å²) in [6.45, 7) is 4.83. The number of rotatable bonds is 4. The summed E-state index contributed by atoms with van der Waals surface area (Å²) in [4.78, 5) is 19.5.